The molecule has 1 aromatic rings. The molecule has 1 aromatic carbocycles. The molecule has 0 aliphatic rings. The molecular formula is C12H17Br2N. The summed E-state index contributed by atoms with van der Waals surface area (Å²) in [4.78, 5) is 0. The van der Waals surface area contributed by atoms with Crippen molar-refractivity contribution in [3.63, 3.8) is 0 Å². The summed E-state index contributed by atoms with van der Waals surface area (Å²) in [5, 5.41) is 3.51. The maximum Gasteiger partial charge on any atom is 0.0354 e. The van der Waals surface area contributed by atoms with E-state index in [4.69, 9.17) is 0 Å². The van der Waals surface area contributed by atoms with Crippen LogP contribution in [0.4, 0.5) is 0 Å². The lowest BCUT2D eigenvalue weighted by atomic mass is 9.96. The fraction of sp³-hybridized carbons (Fsp3) is 0.500. The Balaban J connectivity index is 3.00. The average molecular weight is 335 g/mol. The minimum Gasteiger partial charge on any atom is -0.310 e. The summed E-state index contributed by atoms with van der Waals surface area (Å²) in [5.74, 6) is 0.586. The molecular weight excluding hydrogens is 318 g/mol. The van der Waals surface area contributed by atoms with Gasteiger partial charge in [0.25, 0.3) is 0 Å². The number of hydrogen-bond acceptors (Lipinski definition) is 1. The van der Waals surface area contributed by atoms with E-state index in [0.29, 0.717) is 12.0 Å². The van der Waals surface area contributed by atoms with Gasteiger partial charge in [0.05, 0.1) is 0 Å². The first-order valence-corrected chi connectivity index (χ1v) is 6.83. The van der Waals surface area contributed by atoms with Gasteiger partial charge in [0.2, 0.25) is 0 Å². The van der Waals surface area contributed by atoms with Gasteiger partial charge in [-0.1, -0.05) is 58.7 Å². The zero-order valence-electron chi connectivity index (χ0n) is 9.35. The number of halogens is 2. The summed E-state index contributed by atoms with van der Waals surface area (Å²) < 4.78 is 2.27. The second kappa shape index (κ2) is 6.02. The van der Waals surface area contributed by atoms with Crippen molar-refractivity contribution in [2.75, 3.05) is 6.54 Å². The van der Waals surface area contributed by atoms with E-state index in [-0.39, 0.29) is 0 Å². The molecule has 0 fully saturated rings. The largest absolute Gasteiger partial charge is 0.310 e. The molecule has 0 bridgehead atoms. The molecule has 0 spiro atoms. The minimum atomic E-state index is 0.414. The molecule has 0 amide bonds. The molecule has 0 aliphatic heterocycles. The first kappa shape index (κ1) is 13.2. The van der Waals surface area contributed by atoms with Crippen LogP contribution in [0.2, 0.25) is 0 Å². The quantitative estimate of drug-likeness (QED) is 0.853. The first-order chi connectivity index (χ1) is 7.06. The lowest BCUT2D eigenvalue weighted by Gasteiger charge is -2.23. The summed E-state index contributed by atoms with van der Waals surface area (Å²) in [6.07, 6.45) is 0. The first-order valence-electron chi connectivity index (χ1n) is 5.24. The molecule has 0 heterocycles. The van der Waals surface area contributed by atoms with Crippen LogP contribution in [-0.4, -0.2) is 6.54 Å². The van der Waals surface area contributed by atoms with Crippen LogP contribution < -0.4 is 5.32 Å². The van der Waals surface area contributed by atoms with Crippen LogP contribution in [-0.2, 0) is 0 Å². The van der Waals surface area contributed by atoms with E-state index in [2.05, 4.69) is 76.1 Å². The highest BCUT2D eigenvalue weighted by Gasteiger charge is 2.16. The molecule has 0 aromatic heterocycles. The summed E-state index contributed by atoms with van der Waals surface area (Å²) >= 11 is 7.09. The standard InChI is InChI=1S/C12H17Br2N/c1-4-15-12(8(2)3)10-6-5-9(13)7-11(10)14/h5-8,12,15H,4H2,1-3H3. The van der Waals surface area contributed by atoms with Gasteiger partial charge in [-0.3, -0.25) is 0 Å². The fourth-order valence-corrected chi connectivity index (χ4v) is 2.97. The van der Waals surface area contributed by atoms with Crippen molar-refractivity contribution >= 4 is 31.9 Å². The van der Waals surface area contributed by atoms with Crippen molar-refractivity contribution in [2.45, 2.75) is 26.8 Å². The van der Waals surface area contributed by atoms with Crippen LogP contribution in [0.25, 0.3) is 0 Å². The Bertz CT molecular complexity index is 323. The van der Waals surface area contributed by atoms with Gasteiger partial charge in [-0.25, -0.2) is 0 Å². The van der Waals surface area contributed by atoms with E-state index in [0.717, 1.165) is 15.5 Å². The van der Waals surface area contributed by atoms with Gasteiger partial charge in [-0.15, -0.1) is 0 Å². The number of benzene rings is 1. The van der Waals surface area contributed by atoms with Gasteiger partial charge < -0.3 is 5.32 Å². The monoisotopic (exact) mass is 333 g/mol. The van der Waals surface area contributed by atoms with Crippen LogP contribution in [0.1, 0.15) is 32.4 Å². The molecule has 84 valence electrons. The molecule has 1 unspecified atom stereocenters. The van der Waals surface area contributed by atoms with Crippen LogP contribution in [0.15, 0.2) is 27.1 Å². The van der Waals surface area contributed by atoms with Gasteiger partial charge in [0, 0.05) is 15.0 Å². The average Bonchev–Trinajstić information content (AvgIpc) is 2.15. The van der Waals surface area contributed by atoms with Gasteiger partial charge in [-0.2, -0.15) is 0 Å². The van der Waals surface area contributed by atoms with Crippen LogP contribution in [0.5, 0.6) is 0 Å². The molecule has 3 heteroatoms. The summed E-state index contributed by atoms with van der Waals surface area (Å²) in [7, 11) is 0. The van der Waals surface area contributed by atoms with E-state index in [1.54, 1.807) is 0 Å². The number of nitrogens with one attached hydrogen (secondary N) is 1. The smallest absolute Gasteiger partial charge is 0.0354 e. The number of rotatable bonds is 4. The maximum atomic E-state index is 3.62. The zero-order chi connectivity index (χ0) is 11.4. The van der Waals surface area contributed by atoms with Crippen molar-refractivity contribution in [1.29, 1.82) is 0 Å². The van der Waals surface area contributed by atoms with E-state index in [1.807, 2.05) is 0 Å². The molecule has 0 aliphatic carbocycles. The molecule has 1 rings (SSSR count). The molecule has 0 saturated heterocycles. The second-order valence-electron chi connectivity index (χ2n) is 3.95. The van der Waals surface area contributed by atoms with Crippen LogP contribution in [0, 0.1) is 5.92 Å². The summed E-state index contributed by atoms with van der Waals surface area (Å²) in [5.41, 5.74) is 1.33. The normalized spacial score (nSPS) is 13.2. The Kier molecular flexibility index (Phi) is 5.30. The molecule has 0 saturated carbocycles. The van der Waals surface area contributed by atoms with Gasteiger partial charge in [0.15, 0.2) is 0 Å². The number of hydrogen-bond donors (Lipinski definition) is 1. The van der Waals surface area contributed by atoms with Crippen molar-refractivity contribution in [2.24, 2.45) is 5.92 Å². The zero-order valence-corrected chi connectivity index (χ0v) is 12.5. The third kappa shape index (κ3) is 3.58. The molecule has 15 heavy (non-hydrogen) atoms. The topological polar surface area (TPSA) is 12.0 Å². The second-order valence-corrected chi connectivity index (χ2v) is 5.72. The van der Waals surface area contributed by atoms with E-state index >= 15 is 0 Å². The predicted molar refractivity (Wildman–Crippen MR) is 73.1 cm³/mol. The summed E-state index contributed by atoms with van der Waals surface area (Å²) in [6, 6.07) is 6.77. The Hall–Kier alpha value is 0.140. The lowest BCUT2D eigenvalue weighted by molar-refractivity contribution is 0.420. The SMILES string of the molecule is CCNC(c1ccc(Br)cc1Br)C(C)C. The third-order valence-electron chi connectivity index (χ3n) is 2.39. The van der Waals surface area contributed by atoms with Crippen LogP contribution in [0.3, 0.4) is 0 Å². The van der Waals surface area contributed by atoms with E-state index in [9.17, 15) is 0 Å². The van der Waals surface area contributed by atoms with Gasteiger partial charge in [-0.05, 0) is 30.2 Å². The highest BCUT2D eigenvalue weighted by Crippen LogP contribution is 2.30. The third-order valence-corrected chi connectivity index (χ3v) is 3.57. The molecule has 1 nitrogen and oxygen atoms in total. The molecule has 1 N–H and O–H groups in total. The van der Waals surface area contributed by atoms with Crippen molar-refractivity contribution in [3.05, 3.63) is 32.7 Å². The lowest BCUT2D eigenvalue weighted by Crippen LogP contribution is -2.25. The van der Waals surface area contributed by atoms with Crippen molar-refractivity contribution in [3.8, 4) is 0 Å². The predicted octanol–water partition coefficient (Wildman–Crippen LogP) is 4.52. The highest BCUT2D eigenvalue weighted by molar-refractivity contribution is 9.11. The maximum absolute atomic E-state index is 3.62. The minimum absolute atomic E-state index is 0.414. The Labute approximate surface area is 109 Å². The van der Waals surface area contributed by atoms with Gasteiger partial charge in [0.1, 0.15) is 0 Å². The Morgan fingerprint density at radius 2 is 1.93 bits per heavy atom. The van der Waals surface area contributed by atoms with Crippen LogP contribution >= 0.6 is 31.9 Å². The molecule has 0 radical (unpaired) electrons. The van der Waals surface area contributed by atoms with Gasteiger partial charge >= 0.3 is 0 Å². The fourth-order valence-electron chi connectivity index (χ4n) is 1.68. The summed E-state index contributed by atoms with van der Waals surface area (Å²) in [6.45, 7) is 7.61. The Morgan fingerprint density at radius 1 is 1.27 bits per heavy atom. The van der Waals surface area contributed by atoms with Crippen molar-refractivity contribution < 1.29 is 0 Å². The van der Waals surface area contributed by atoms with E-state index < -0.39 is 0 Å². The van der Waals surface area contributed by atoms with E-state index in [1.165, 1.54) is 5.56 Å². The Morgan fingerprint density at radius 3 is 2.40 bits per heavy atom. The molecule has 1 atom stereocenters. The highest BCUT2D eigenvalue weighted by atomic mass is 79.9. The van der Waals surface area contributed by atoms with Crippen molar-refractivity contribution in [1.82, 2.24) is 5.32 Å².